The van der Waals surface area contributed by atoms with E-state index in [1.807, 2.05) is 6.92 Å². The Kier molecular flexibility index (Phi) is 7.36. The van der Waals surface area contributed by atoms with Crippen LogP contribution >= 0.6 is 11.6 Å². The van der Waals surface area contributed by atoms with E-state index in [9.17, 15) is 13.2 Å². The van der Waals surface area contributed by atoms with Gasteiger partial charge in [-0.15, -0.1) is 0 Å². The molecule has 0 atom stereocenters. The van der Waals surface area contributed by atoms with Crippen molar-refractivity contribution < 1.29 is 17.9 Å². The highest BCUT2D eigenvalue weighted by atomic mass is 35.5. The molecule has 7 nitrogen and oxygen atoms in total. The van der Waals surface area contributed by atoms with Crippen LogP contribution in [-0.2, 0) is 10.0 Å². The lowest BCUT2D eigenvalue weighted by atomic mass is 10.2. The van der Waals surface area contributed by atoms with Gasteiger partial charge in [-0.3, -0.25) is 4.79 Å². The molecule has 1 N–H and O–H groups in total. The molecule has 0 saturated carbocycles. The van der Waals surface area contributed by atoms with Crippen LogP contribution in [0.1, 0.15) is 24.2 Å². The summed E-state index contributed by atoms with van der Waals surface area (Å²) >= 11 is 5.88. The normalized spacial score (nSPS) is 15.7. The van der Waals surface area contributed by atoms with Gasteiger partial charge in [0, 0.05) is 36.8 Å². The lowest BCUT2D eigenvalue weighted by Crippen LogP contribution is -2.48. The number of benzene rings is 2. The van der Waals surface area contributed by atoms with Crippen molar-refractivity contribution in [1.29, 1.82) is 0 Å². The second kappa shape index (κ2) is 9.78. The zero-order chi connectivity index (χ0) is 21.7. The summed E-state index contributed by atoms with van der Waals surface area (Å²) in [6, 6.07) is 11.0. The van der Waals surface area contributed by atoms with E-state index in [2.05, 4.69) is 17.1 Å². The lowest BCUT2D eigenvalue weighted by Gasteiger charge is -2.33. The number of sulfonamides is 1. The van der Waals surface area contributed by atoms with Crippen LogP contribution in [0.4, 0.5) is 5.69 Å². The Morgan fingerprint density at radius 3 is 2.33 bits per heavy atom. The predicted octanol–water partition coefficient (Wildman–Crippen LogP) is 3.32. The third kappa shape index (κ3) is 5.13. The van der Waals surface area contributed by atoms with Gasteiger partial charge in [0.25, 0.3) is 5.91 Å². The van der Waals surface area contributed by atoms with Gasteiger partial charge >= 0.3 is 0 Å². The molecule has 1 heterocycles. The van der Waals surface area contributed by atoms with Crippen LogP contribution in [-0.4, -0.2) is 62.9 Å². The minimum absolute atomic E-state index is 0.127. The van der Waals surface area contributed by atoms with Gasteiger partial charge in [0.1, 0.15) is 5.75 Å². The van der Waals surface area contributed by atoms with Crippen molar-refractivity contribution in [1.82, 2.24) is 9.21 Å². The number of hydrogen-bond acceptors (Lipinski definition) is 5. The summed E-state index contributed by atoms with van der Waals surface area (Å²) in [4.78, 5) is 15.0. The number of amides is 1. The first-order valence-electron chi connectivity index (χ1n) is 9.91. The molecular weight excluding hydrogens is 426 g/mol. The van der Waals surface area contributed by atoms with Crippen LogP contribution in [0.2, 0.25) is 5.02 Å². The fourth-order valence-electron chi connectivity index (χ4n) is 3.28. The number of rotatable bonds is 7. The fraction of sp³-hybridized carbons (Fsp3) is 0.381. The maximum atomic E-state index is 13.1. The van der Waals surface area contributed by atoms with Crippen molar-refractivity contribution in [2.24, 2.45) is 0 Å². The largest absolute Gasteiger partial charge is 0.492 e. The Morgan fingerprint density at radius 1 is 1.07 bits per heavy atom. The van der Waals surface area contributed by atoms with E-state index in [-0.39, 0.29) is 10.8 Å². The van der Waals surface area contributed by atoms with Crippen molar-refractivity contribution in [2.45, 2.75) is 18.7 Å². The molecule has 9 heteroatoms. The summed E-state index contributed by atoms with van der Waals surface area (Å²) in [5.74, 6) is 0.0355. The van der Waals surface area contributed by atoms with Crippen molar-refractivity contribution >= 4 is 33.2 Å². The summed E-state index contributed by atoms with van der Waals surface area (Å²) in [5.41, 5.74) is 0.718. The van der Waals surface area contributed by atoms with Crippen LogP contribution in [0, 0.1) is 0 Å². The number of anilines is 1. The molecule has 1 amide bonds. The van der Waals surface area contributed by atoms with Crippen LogP contribution in [0.3, 0.4) is 0 Å². The van der Waals surface area contributed by atoms with Crippen LogP contribution in [0.25, 0.3) is 0 Å². The topological polar surface area (TPSA) is 79.0 Å². The van der Waals surface area contributed by atoms with E-state index in [0.29, 0.717) is 54.8 Å². The molecule has 0 spiro atoms. The van der Waals surface area contributed by atoms with Gasteiger partial charge in [-0.2, -0.15) is 4.31 Å². The number of nitrogens with one attached hydrogen (secondary N) is 1. The number of carbonyl (C=O) groups excluding carboxylic acids is 1. The van der Waals surface area contributed by atoms with E-state index in [0.717, 1.165) is 6.54 Å². The van der Waals surface area contributed by atoms with Crippen molar-refractivity contribution in [3.05, 3.63) is 53.1 Å². The van der Waals surface area contributed by atoms with Gasteiger partial charge in [0.15, 0.2) is 0 Å². The van der Waals surface area contributed by atoms with Gasteiger partial charge < -0.3 is 15.0 Å². The second-order valence-electron chi connectivity index (χ2n) is 6.89. The molecule has 0 aliphatic carbocycles. The van der Waals surface area contributed by atoms with Crippen molar-refractivity contribution in [3.63, 3.8) is 0 Å². The van der Waals surface area contributed by atoms with Crippen LogP contribution in [0.5, 0.6) is 5.75 Å². The van der Waals surface area contributed by atoms with E-state index in [4.69, 9.17) is 16.3 Å². The highest BCUT2D eigenvalue weighted by Gasteiger charge is 2.29. The third-order valence-corrected chi connectivity index (χ3v) is 7.17. The van der Waals surface area contributed by atoms with Crippen LogP contribution < -0.4 is 10.1 Å². The zero-order valence-corrected chi connectivity index (χ0v) is 18.7. The minimum atomic E-state index is -3.67. The quantitative estimate of drug-likeness (QED) is 0.698. The van der Waals surface area contributed by atoms with Gasteiger partial charge in [-0.05, 0) is 55.9 Å². The average Bonchev–Trinajstić information content (AvgIpc) is 2.75. The summed E-state index contributed by atoms with van der Waals surface area (Å²) in [6.45, 7) is 7.45. The number of halogens is 1. The van der Waals surface area contributed by atoms with Gasteiger partial charge in [0.05, 0.1) is 17.2 Å². The summed E-state index contributed by atoms with van der Waals surface area (Å²) < 4.78 is 33.3. The molecular formula is C21H26ClN3O4S. The molecule has 1 aliphatic heterocycles. The number of likely N-dealkylation sites (N-methyl/N-ethyl adjacent to an activating group) is 1. The molecule has 0 aromatic heterocycles. The summed E-state index contributed by atoms with van der Waals surface area (Å²) in [6.07, 6.45) is 0. The molecule has 30 heavy (non-hydrogen) atoms. The first-order chi connectivity index (χ1) is 14.3. The molecule has 162 valence electrons. The highest BCUT2D eigenvalue weighted by molar-refractivity contribution is 7.89. The average molecular weight is 452 g/mol. The Labute approximate surface area is 182 Å². The molecule has 3 rings (SSSR count). The first-order valence-corrected chi connectivity index (χ1v) is 11.7. The fourth-order valence-corrected chi connectivity index (χ4v) is 4.85. The van der Waals surface area contributed by atoms with E-state index in [1.165, 1.54) is 16.4 Å². The molecule has 2 aromatic rings. The SMILES string of the molecule is CCOc1ccc(S(=O)(=O)N2CCN(CC)CC2)cc1NC(=O)c1ccc(Cl)cc1. The molecule has 2 aromatic carbocycles. The van der Waals surface area contributed by atoms with Gasteiger partial charge in [-0.1, -0.05) is 18.5 Å². The molecule has 1 aliphatic rings. The summed E-state index contributed by atoms with van der Waals surface area (Å²) in [7, 11) is -3.67. The van der Waals surface area contributed by atoms with Crippen molar-refractivity contribution in [2.75, 3.05) is 44.6 Å². The monoisotopic (exact) mass is 451 g/mol. The number of ether oxygens (including phenoxy) is 1. The second-order valence-corrected chi connectivity index (χ2v) is 9.26. The molecule has 0 unspecified atom stereocenters. The summed E-state index contributed by atoms with van der Waals surface area (Å²) in [5, 5.41) is 3.29. The Balaban J connectivity index is 1.86. The maximum Gasteiger partial charge on any atom is 0.255 e. The molecule has 1 saturated heterocycles. The smallest absolute Gasteiger partial charge is 0.255 e. The van der Waals surface area contributed by atoms with E-state index < -0.39 is 10.0 Å². The Bertz CT molecular complexity index is 988. The van der Waals surface area contributed by atoms with E-state index >= 15 is 0 Å². The highest BCUT2D eigenvalue weighted by Crippen LogP contribution is 2.30. The predicted molar refractivity (Wildman–Crippen MR) is 118 cm³/mol. The standard InChI is InChI=1S/C21H26ClN3O4S/c1-3-24-11-13-25(14-12-24)30(27,28)18-9-10-20(29-4-2)19(15-18)23-21(26)16-5-7-17(22)8-6-16/h5-10,15H,3-4,11-14H2,1-2H3,(H,23,26). The lowest BCUT2D eigenvalue weighted by molar-refractivity contribution is 0.102. The zero-order valence-electron chi connectivity index (χ0n) is 17.1. The van der Waals surface area contributed by atoms with E-state index in [1.54, 1.807) is 30.3 Å². The van der Waals surface area contributed by atoms with Crippen LogP contribution in [0.15, 0.2) is 47.4 Å². The third-order valence-electron chi connectivity index (χ3n) is 5.02. The maximum absolute atomic E-state index is 13.1. The number of carbonyl (C=O) groups is 1. The number of nitrogens with zero attached hydrogens (tertiary/aromatic N) is 2. The number of hydrogen-bond donors (Lipinski definition) is 1. The first kappa shape index (κ1) is 22.6. The molecule has 1 fully saturated rings. The van der Waals surface area contributed by atoms with Gasteiger partial charge in [0.2, 0.25) is 10.0 Å². The van der Waals surface area contributed by atoms with Gasteiger partial charge in [-0.25, -0.2) is 8.42 Å². The van der Waals surface area contributed by atoms with Crippen molar-refractivity contribution in [3.8, 4) is 5.75 Å². The molecule has 0 bridgehead atoms. The Morgan fingerprint density at radius 2 is 1.73 bits per heavy atom. The Hall–Kier alpha value is -2.13. The minimum Gasteiger partial charge on any atom is -0.492 e. The number of piperazine rings is 1. The molecule has 0 radical (unpaired) electrons.